The van der Waals surface area contributed by atoms with Crippen LogP contribution in [0.1, 0.15) is 25.5 Å². The standard InChI is InChI=1S/C10H16N2S/c1-3-4-7-13-10-6-5-9(11)8(2)12-10/h5-6H,3-4,7,11H2,1-2H3. The Balaban J connectivity index is 2.53. The molecule has 0 amide bonds. The molecule has 1 aromatic heterocycles. The lowest BCUT2D eigenvalue weighted by atomic mass is 10.3. The number of rotatable bonds is 4. The molecule has 0 saturated heterocycles. The maximum Gasteiger partial charge on any atom is 0.0964 e. The van der Waals surface area contributed by atoms with Crippen molar-refractivity contribution in [2.75, 3.05) is 11.5 Å². The largest absolute Gasteiger partial charge is 0.397 e. The minimum Gasteiger partial charge on any atom is -0.397 e. The lowest BCUT2D eigenvalue weighted by Crippen LogP contribution is -1.93. The third kappa shape index (κ3) is 3.27. The molecule has 1 aromatic rings. The topological polar surface area (TPSA) is 38.9 Å². The first-order valence-electron chi connectivity index (χ1n) is 4.60. The highest BCUT2D eigenvalue weighted by Crippen LogP contribution is 2.19. The van der Waals surface area contributed by atoms with Gasteiger partial charge in [0.15, 0.2) is 0 Å². The minimum atomic E-state index is 0.778. The van der Waals surface area contributed by atoms with Gasteiger partial charge < -0.3 is 5.73 Å². The fraction of sp³-hybridized carbons (Fsp3) is 0.500. The van der Waals surface area contributed by atoms with Crippen LogP contribution in [0.2, 0.25) is 0 Å². The molecule has 0 fully saturated rings. The van der Waals surface area contributed by atoms with Crippen LogP contribution in [-0.4, -0.2) is 10.7 Å². The van der Waals surface area contributed by atoms with Crippen molar-refractivity contribution in [2.45, 2.75) is 31.7 Å². The predicted octanol–water partition coefficient (Wildman–Crippen LogP) is 2.86. The van der Waals surface area contributed by atoms with Crippen molar-refractivity contribution in [3.8, 4) is 0 Å². The lowest BCUT2D eigenvalue weighted by Gasteiger charge is -2.02. The number of nitrogens with zero attached hydrogens (tertiary/aromatic N) is 1. The molecule has 0 saturated carbocycles. The fourth-order valence-corrected chi connectivity index (χ4v) is 1.96. The summed E-state index contributed by atoms with van der Waals surface area (Å²) in [5.41, 5.74) is 7.38. The SMILES string of the molecule is CCCCSc1ccc(N)c(C)n1. The third-order valence-corrected chi connectivity index (χ3v) is 2.86. The average Bonchev–Trinajstić information content (AvgIpc) is 2.12. The van der Waals surface area contributed by atoms with E-state index in [1.54, 1.807) is 11.8 Å². The van der Waals surface area contributed by atoms with Gasteiger partial charge in [0.05, 0.1) is 16.4 Å². The van der Waals surface area contributed by atoms with Crippen LogP contribution in [0.25, 0.3) is 0 Å². The van der Waals surface area contributed by atoms with Crippen molar-refractivity contribution in [3.63, 3.8) is 0 Å². The molecule has 0 aromatic carbocycles. The van der Waals surface area contributed by atoms with Gasteiger partial charge in [-0.1, -0.05) is 13.3 Å². The first-order chi connectivity index (χ1) is 6.24. The molecule has 0 unspecified atom stereocenters. The van der Waals surface area contributed by atoms with Crippen LogP contribution in [0, 0.1) is 6.92 Å². The van der Waals surface area contributed by atoms with Crippen molar-refractivity contribution < 1.29 is 0 Å². The van der Waals surface area contributed by atoms with Crippen LogP contribution in [-0.2, 0) is 0 Å². The van der Waals surface area contributed by atoms with Gasteiger partial charge >= 0.3 is 0 Å². The van der Waals surface area contributed by atoms with E-state index < -0.39 is 0 Å². The Morgan fingerprint density at radius 3 is 2.85 bits per heavy atom. The van der Waals surface area contributed by atoms with Crippen LogP contribution in [0.5, 0.6) is 0 Å². The Labute approximate surface area is 83.9 Å². The van der Waals surface area contributed by atoms with E-state index in [1.165, 1.54) is 12.8 Å². The summed E-state index contributed by atoms with van der Waals surface area (Å²) in [7, 11) is 0. The predicted molar refractivity (Wildman–Crippen MR) is 59.0 cm³/mol. The summed E-state index contributed by atoms with van der Waals surface area (Å²) in [5.74, 6) is 1.15. The van der Waals surface area contributed by atoms with E-state index in [2.05, 4.69) is 11.9 Å². The second-order valence-corrected chi connectivity index (χ2v) is 4.14. The number of unbranched alkanes of at least 4 members (excludes halogenated alkanes) is 1. The number of aryl methyl sites for hydroxylation is 1. The van der Waals surface area contributed by atoms with Crippen LogP contribution in [0.15, 0.2) is 17.2 Å². The Hall–Kier alpha value is -0.700. The first-order valence-corrected chi connectivity index (χ1v) is 5.58. The summed E-state index contributed by atoms with van der Waals surface area (Å²) in [6.07, 6.45) is 2.48. The second kappa shape index (κ2) is 5.12. The van der Waals surface area contributed by atoms with Gasteiger partial charge in [0.1, 0.15) is 0 Å². The number of hydrogen-bond donors (Lipinski definition) is 1. The van der Waals surface area contributed by atoms with E-state index in [4.69, 9.17) is 5.73 Å². The summed E-state index contributed by atoms with van der Waals surface area (Å²) >= 11 is 1.80. The zero-order valence-electron chi connectivity index (χ0n) is 8.21. The molecular formula is C10H16N2S. The monoisotopic (exact) mass is 196 g/mol. The minimum absolute atomic E-state index is 0.778. The highest BCUT2D eigenvalue weighted by Gasteiger charge is 1.98. The quantitative estimate of drug-likeness (QED) is 0.594. The van der Waals surface area contributed by atoms with Gasteiger partial charge in [-0.15, -0.1) is 11.8 Å². The zero-order chi connectivity index (χ0) is 9.68. The molecule has 0 spiro atoms. The Morgan fingerprint density at radius 2 is 2.23 bits per heavy atom. The van der Waals surface area contributed by atoms with Gasteiger partial charge in [-0.05, 0) is 31.2 Å². The molecule has 1 rings (SSSR count). The smallest absolute Gasteiger partial charge is 0.0964 e. The summed E-state index contributed by atoms with van der Waals surface area (Å²) in [6.45, 7) is 4.14. The maximum absolute atomic E-state index is 5.67. The highest BCUT2D eigenvalue weighted by atomic mass is 32.2. The molecular weight excluding hydrogens is 180 g/mol. The van der Waals surface area contributed by atoms with E-state index in [1.807, 2.05) is 19.1 Å². The number of nitrogens with two attached hydrogens (primary N) is 1. The van der Waals surface area contributed by atoms with Crippen LogP contribution >= 0.6 is 11.8 Å². The number of aromatic nitrogens is 1. The summed E-state index contributed by atoms with van der Waals surface area (Å²) in [6, 6.07) is 3.92. The Kier molecular flexibility index (Phi) is 4.09. The molecule has 72 valence electrons. The average molecular weight is 196 g/mol. The molecule has 0 aliphatic carbocycles. The second-order valence-electron chi connectivity index (χ2n) is 3.03. The highest BCUT2D eigenvalue weighted by molar-refractivity contribution is 7.99. The molecule has 2 N–H and O–H groups in total. The summed E-state index contributed by atoms with van der Waals surface area (Å²) in [4.78, 5) is 4.38. The van der Waals surface area contributed by atoms with Crippen LogP contribution in [0.3, 0.4) is 0 Å². The van der Waals surface area contributed by atoms with Crippen molar-refractivity contribution in [3.05, 3.63) is 17.8 Å². The van der Waals surface area contributed by atoms with E-state index >= 15 is 0 Å². The summed E-state index contributed by atoms with van der Waals surface area (Å²) < 4.78 is 0. The van der Waals surface area contributed by atoms with Crippen molar-refractivity contribution >= 4 is 17.4 Å². The number of pyridine rings is 1. The summed E-state index contributed by atoms with van der Waals surface area (Å²) in [5, 5.41) is 1.08. The van der Waals surface area contributed by atoms with Crippen molar-refractivity contribution in [1.82, 2.24) is 4.98 Å². The van der Waals surface area contributed by atoms with E-state index in [9.17, 15) is 0 Å². The van der Waals surface area contributed by atoms with Crippen LogP contribution < -0.4 is 5.73 Å². The molecule has 13 heavy (non-hydrogen) atoms. The number of nitrogen functional groups attached to an aromatic ring is 1. The molecule has 0 aliphatic heterocycles. The number of thioether (sulfide) groups is 1. The number of hydrogen-bond acceptors (Lipinski definition) is 3. The Bertz CT molecular complexity index is 274. The molecule has 2 nitrogen and oxygen atoms in total. The van der Waals surface area contributed by atoms with Gasteiger partial charge in [-0.3, -0.25) is 0 Å². The molecule has 0 aliphatic rings. The normalized spacial score (nSPS) is 10.3. The zero-order valence-corrected chi connectivity index (χ0v) is 9.03. The molecule has 1 heterocycles. The van der Waals surface area contributed by atoms with Gasteiger partial charge in [0, 0.05) is 0 Å². The third-order valence-electron chi connectivity index (χ3n) is 1.85. The van der Waals surface area contributed by atoms with Gasteiger partial charge in [-0.25, -0.2) is 4.98 Å². The fourth-order valence-electron chi connectivity index (χ4n) is 0.950. The molecule has 3 heteroatoms. The van der Waals surface area contributed by atoms with Crippen LogP contribution in [0.4, 0.5) is 5.69 Å². The van der Waals surface area contributed by atoms with Crippen molar-refractivity contribution in [2.24, 2.45) is 0 Å². The van der Waals surface area contributed by atoms with Gasteiger partial charge in [-0.2, -0.15) is 0 Å². The molecule has 0 bridgehead atoms. The van der Waals surface area contributed by atoms with E-state index in [0.717, 1.165) is 22.2 Å². The Morgan fingerprint density at radius 1 is 1.46 bits per heavy atom. The van der Waals surface area contributed by atoms with Gasteiger partial charge in [0.2, 0.25) is 0 Å². The van der Waals surface area contributed by atoms with Gasteiger partial charge in [0.25, 0.3) is 0 Å². The molecule has 0 atom stereocenters. The maximum atomic E-state index is 5.67. The van der Waals surface area contributed by atoms with E-state index in [0.29, 0.717) is 0 Å². The van der Waals surface area contributed by atoms with Crippen molar-refractivity contribution in [1.29, 1.82) is 0 Å². The van der Waals surface area contributed by atoms with E-state index in [-0.39, 0.29) is 0 Å². The molecule has 0 radical (unpaired) electrons. The first kappa shape index (κ1) is 10.4. The number of anilines is 1. The lowest BCUT2D eigenvalue weighted by molar-refractivity contribution is 0.894.